The van der Waals surface area contributed by atoms with E-state index in [1.807, 2.05) is 6.07 Å². The van der Waals surface area contributed by atoms with Crippen LogP contribution in [0.5, 0.6) is 5.75 Å². The van der Waals surface area contributed by atoms with Gasteiger partial charge in [-0.15, -0.1) is 0 Å². The van der Waals surface area contributed by atoms with Crippen LogP contribution in [0.2, 0.25) is 0 Å². The molecule has 134 valence electrons. The number of hydrazone groups is 1. The second-order valence-electron chi connectivity index (χ2n) is 5.50. The summed E-state index contributed by atoms with van der Waals surface area (Å²) in [5, 5.41) is 3.89. The van der Waals surface area contributed by atoms with Gasteiger partial charge in [-0.05, 0) is 54.1 Å². The van der Waals surface area contributed by atoms with Gasteiger partial charge in [0.2, 0.25) is 0 Å². The molecule has 0 saturated heterocycles. The number of hydrogen-bond acceptors (Lipinski definition) is 4. The topological polar surface area (TPSA) is 67.8 Å². The third-order valence-electron chi connectivity index (χ3n) is 3.60. The first kappa shape index (κ1) is 18.0. The van der Waals surface area contributed by atoms with Crippen molar-refractivity contribution < 1.29 is 18.7 Å². The molecule has 1 N–H and O–H groups in total. The maximum absolute atomic E-state index is 13.6. The van der Waals surface area contributed by atoms with Crippen molar-refractivity contribution in [3.63, 3.8) is 0 Å². The van der Waals surface area contributed by atoms with Crippen LogP contribution in [0.25, 0.3) is 0 Å². The Balaban J connectivity index is 1.58. The quantitative estimate of drug-likeness (QED) is 0.325. The van der Waals surface area contributed by atoms with E-state index in [0.717, 1.165) is 0 Å². The van der Waals surface area contributed by atoms with E-state index in [0.29, 0.717) is 11.1 Å². The molecule has 6 heteroatoms. The van der Waals surface area contributed by atoms with Gasteiger partial charge in [0.25, 0.3) is 5.91 Å². The van der Waals surface area contributed by atoms with Crippen molar-refractivity contribution in [2.45, 2.75) is 0 Å². The standard InChI is InChI=1S/C21H15FN2O3/c22-19-9-5-4-8-18(19)21(26)27-17-12-10-15(11-13-17)14-23-24-20(25)16-6-2-1-3-7-16/h1-14H,(H,24,25)/b23-14-. The Morgan fingerprint density at radius 1 is 0.889 bits per heavy atom. The number of carbonyl (C=O) groups is 2. The fourth-order valence-corrected chi connectivity index (χ4v) is 2.23. The minimum absolute atomic E-state index is 0.133. The van der Waals surface area contributed by atoms with Gasteiger partial charge in [-0.2, -0.15) is 5.10 Å². The van der Waals surface area contributed by atoms with Crippen molar-refractivity contribution in [2.24, 2.45) is 5.10 Å². The second kappa shape index (κ2) is 8.53. The van der Waals surface area contributed by atoms with Gasteiger partial charge < -0.3 is 4.74 Å². The summed E-state index contributed by atoms with van der Waals surface area (Å²) >= 11 is 0. The van der Waals surface area contributed by atoms with Crippen LogP contribution >= 0.6 is 0 Å². The largest absolute Gasteiger partial charge is 0.423 e. The molecule has 0 aliphatic carbocycles. The number of carbonyl (C=O) groups excluding carboxylic acids is 2. The van der Waals surface area contributed by atoms with Gasteiger partial charge in [-0.1, -0.05) is 30.3 Å². The molecule has 0 aromatic heterocycles. The summed E-state index contributed by atoms with van der Waals surface area (Å²) in [6.07, 6.45) is 1.46. The normalized spacial score (nSPS) is 10.6. The second-order valence-corrected chi connectivity index (χ2v) is 5.50. The first-order valence-electron chi connectivity index (χ1n) is 8.09. The molecule has 0 bridgehead atoms. The van der Waals surface area contributed by atoms with E-state index >= 15 is 0 Å². The highest BCUT2D eigenvalue weighted by atomic mass is 19.1. The molecule has 1 amide bonds. The predicted octanol–water partition coefficient (Wildman–Crippen LogP) is 3.81. The number of nitrogens with zero attached hydrogens (tertiary/aromatic N) is 1. The summed E-state index contributed by atoms with van der Waals surface area (Å²) in [6.45, 7) is 0. The molecule has 0 aliphatic heterocycles. The maximum Gasteiger partial charge on any atom is 0.346 e. The van der Waals surface area contributed by atoms with Crippen molar-refractivity contribution >= 4 is 18.1 Å². The number of benzene rings is 3. The summed E-state index contributed by atoms with van der Waals surface area (Å²) in [7, 11) is 0. The molecule has 0 aliphatic rings. The molecule has 0 saturated carbocycles. The van der Waals surface area contributed by atoms with E-state index in [2.05, 4.69) is 10.5 Å². The molecule has 0 atom stereocenters. The van der Waals surface area contributed by atoms with Crippen LogP contribution in [0.4, 0.5) is 4.39 Å². The lowest BCUT2D eigenvalue weighted by atomic mass is 10.2. The van der Waals surface area contributed by atoms with Gasteiger partial charge in [-0.25, -0.2) is 14.6 Å². The van der Waals surface area contributed by atoms with Crippen molar-refractivity contribution in [3.8, 4) is 5.75 Å². The Morgan fingerprint density at radius 2 is 1.56 bits per heavy atom. The van der Waals surface area contributed by atoms with Crippen LogP contribution < -0.4 is 10.2 Å². The van der Waals surface area contributed by atoms with Crippen LogP contribution in [0, 0.1) is 5.82 Å². The number of rotatable bonds is 5. The van der Waals surface area contributed by atoms with E-state index in [-0.39, 0.29) is 17.2 Å². The van der Waals surface area contributed by atoms with Crippen molar-refractivity contribution in [1.82, 2.24) is 5.43 Å². The molecule has 0 heterocycles. The molecule has 0 radical (unpaired) electrons. The fraction of sp³-hybridized carbons (Fsp3) is 0. The molecule has 0 fully saturated rings. The average Bonchev–Trinajstić information content (AvgIpc) is 2.70. The van der Waals surface area contributed by atoms with Gasteiger partial charge in [0.15, 0.2) is 0 Å². The number of nitrogens with one attached hydrogen (secondary N) is 1. The lowest BCUT2D eigenvalue weighted by molar-refractivity contribution is 0.0729. The SMILES string of the molecule is O=C(N/N=C\c1ccc(OC(=O)c2ccccc2F)cc1)c1ccccc1. The highest BCUT2D eigenvalue weighted by Gasteiger charge is 2.13. The van der Waals surface area contributed by atoms with E-state index in [1.165, 1.54) is 24.4 Å². The molecule has 0 unspecified atom stereocenters. The van der Waals surface area contributed by atoms with E-state index < -0.39 is 11.8 Å². The third-order valence-corrected chi connectivity index (χ3v) is 3.60. The number of halogens is 1. The zero-order valence-corrected chi connectivity index (χ0v) is 14.1. The molecule has 0 spiro atoms. The predicted molar refractivity (Wildman–Crippen MR) is 99.3 cm³/mol. The Hall–Kier alpha value is -3.80. The smallest absolute Gasteiger partial charge is 0.346 e. The van der Waals surface area contributed by atoms with E-state index in [1.54, 1.807) is 54.6 Å². The minimum atomic E-state index is -0.773. The molecular weight excluding hydrogens is 347 g/mol. The van der Waals surface area contributed by atoms with Gasteiger partial charge >= 0.3 is 5.97 Å². The molecule has 3 aromatic carbocycles. The van der Waals surface area contributed by atoms with Crippen LogP contribution in [0.3, 0.4) is 0 Å². The highest BCUT2D eigenvalue weighted by molar-refractivity contribution is 5.95. The molecular formula is C21H15FN2O3. The lowest BCUT2D eigenvalue weighted by Gasteiger charge is -2.05. The number of hydrogen-bond donors (Lipinski definition) is 1. The van der Waals surface area contributed by atoms with Crippen molar-refractivity contribution in [3.05, 3.63) is 101 Å². The molecule has 3 aromatic rings. The summed E-state index contributed by atoms with van der Waals surface area (Å²) < 4.78 is 18.7. The first-order chi connectivity index (χ1) is 13.1. The zero-order valence-electron chi connectivity index (χ0n) is 14.1. The van der Waals surface area contributed by atoms with Gasteiger partial charge in [0, 0.05) is 5.56 Å². The van der Waals surface area contributed by atoms with Crippen LogP contribution in [-0.2, 0) is 0 Å². The van der Waals surface area contributed by atoms with Crippen LogP contribution in [0.15, 0.2) is 84.0 Å². The maximum atomic E-state index is 13.6. The molecule has 27 heavy (non-hydrogen) atoms. The Kier molecular flexibility index (Phi) is 5.69. The summed E-state index contributed by atoms with van der Waals surface area (Å²) in [6, 6.07) is 20.7. The average molecular weight is 362 g/mol. The molecule has 3 rings (SSSR count). The highest BCUT2D eigenvalue weighted by Crippen LogP contribution is 2.15. The third kappa shape index (κ3) is 4.85. The van der Waals surface area contributed by atoms with E-state index in [4.69, 9.17) is 4.74 Å². The van der Waals surface area contributed by atoms with Crippen molar-refractivity contribution in [1.29, 1.82) is 0 Å². The van der Waals surface area contributed by atoms with E-state index in [9.17, 15) is 14.0 Å². The first-order valence-corrected chi connectivity index (χ1v) is 8.09. The molecule has 5 nitrogen and oxygen atoms in total. The Bertz CT molecular complexity index is 970. The number of esters is 1. The van der Waals surface area contributed by atoms with Gasteiger partial charge in [0.1, 0.15) is 11.6 Å². The zero-order chi connectivity index (χ0) is 19.1. The summed E-state index contributed by atoms with van der Waals surface area (Å²) in [4.78, 5) is 23.8. The van der Waals surface area contributed by atoms with Gasteiger partial charge in [-0.3, -0.25) is 4.79 Å². The summed E-state index contributed by atoms with van der Waals surface area (Å²) in [5.74, 6) is -1.46. The Labute approximate surface area is 155 Å². The Morgan fingerprint density at radius 3 is 2.26 bits per heavy atom. The number of ether oxygens (including phenoxy) is 1. The number of amides is 1. The lowest BCUT2D eigenvalue weighted by Crippen LogP contribution is -2.17. The monoisotopic (exact) mass is 362 g/mol. The van der Waals surface area contributed by atoms with Crippen LogP contribution in [0.1, 0.15) is 26.3 Å². The van der Waals surface area contributed by atoms with Crippen molar-refractivity contribution in [2.75, 3.05) is 0 Å². The van der Waals surface area contributed by atoms with Crippen LogP contribution in [-0.4, -0.2) is 18.1 Å². The fourth-order valence-electron chi connectivity index (χ4n) is 2.23. The summed E-state index contributed by atoms with van der Waals surface area (Å²) in [5.41, 5.74) is 3.49. The van der Waals surface area contributed by atoms with Gasteiger partial charge in [0.05, 0.1) is 11.8 Å². The minimum Gasteiger partial charge on any atom is -0.423 e.